The van der Waals surface area contributed by atoms with Crippen LogP contribution in [0.4, 0.5) is 17.1 Å². The molecule has 0 saturated carbocycles. The van der Waals surface area contributed by atoms with Gasteiger partial charge < -0.3 is 15.8 Å². The molecule has 0 fully saturated rings. The molecule has 0 aromatic heterocycles. The number of ketones is 1. The van der Waals surface area contributed by atoms with Gasteiger partial charge in [-0.15, -0.1) is 0 Å². The molecule has 3 rings (SSSR count). The predicted octanol–water partition coefficient (Wildman–Crippen LogP) is 4.47. The molecule has 0 saturated heterocycles. The van der Waals surface area contributed by atoms with Crippen molar-refractivity contribution in [2.24, 2.45) is 0 Å². The number of benzene rings is 3. The Hall–Kier alpha value is -3.71. The van der Waals surface area contributed by atoms with E-state index >= 15 is 0 Å². The molecule has 0 aliphatic carbocycles. The van der Waals surface area contributed by atoms with Crippen LogP contribution < -0.4 is 10.6 Å². The van der Waals surface area contributed by atoms with Crippen LogP contribution in [0.5, 0.6) is 0 Å². The third kappa shape index (κ3) is 3.94. The van der Waals surface area contributed by atoms with Gasteiger partial charge in [-0.2, -0.15) is 0 Å². The van der Waals surface area contributed by atoms with Gasteiger partial charge in [-0.3, -0.25) is 14.9 Å². The van der Waals surface area contributed by atoms with Crippen LogP contribution in [0, 0.1) is 22.2 Å². The number of anilines is 2. The van der Waals surface area contributed by atoms with Crippen molar-refractivity contribution in [1.82, 2.24) is 0 Å². The van der Waals surface area contributed by atoms with E-state index in [1.807, 2.05) is 6.07 Å². The zero-order chi connectivity index (χ0) is 19.4. The van der Waals surface area contributed by atoms with E-state index in [-0.39, 0.29) is 22.5 Å². The van der Waals surface area contributed by atoms with Crippen molar-refractivity contribution in [3.63, 3.8) is 0 Å². The highest BCUT2D eigenvalue weighted by atomic mass is 16.6. The second kappa shape index (κ2) is 7.67. The Morgan fingerprint density at radius 2 is 1.67 bits per heavy atom. The van der Waals surface area contributed by atoms with E-state index in [1.54, 1.807) is 43.3 Å². The molecule has 0 radical (unpaired) electrons. The highest BCUT2D eigenvalue weighted by molar-refractivity contribution is 6.12. The summed E-state index contributed by atoms with van der Waals surface area (Å²) in [4.78, 5) is 23.5. The van der Waals surface area contributed by atoms with Gasteiger partial charge in [0.25, 0.3) is 5.69 Å². The van der Waals surface area contributed by atoms with Crippen molar-refractivity contribution in [2.45, 2.75) is 6.92 Å². The van der Waals surface area contributed by atoms with Crippen LogP contribution in [0.1, 0.15) is 21.5 Å². The minimum absolute atomic E-state index is 0.120. The molecule has 7 heteroatoms. The highest BCUT2D eigenvalue weighted by Crippen LogP contribution is 2.26. The van der Waals surface area contributed by atoms with Crippen LogP contribution in [-0.4, -0.2) is 10.7 Å². The van der Waals surface area contributed by atoms with Gasteiger partial charge in [0.05, 0.1) is 16.3 Å². The highest BCUT2D eigenvalue weighted by Gasteiger charge is 2.19. The number of rotatable bonds is 6. The van der Waals surface area contributed by atoms with Crippen LogP contribution in [-0.2, 0) is 0 Å². The average molecular weight is 362 g/mol. The number of nitro benzene ring substituents is 1. The summed E-state index contributed by atoms with van der Waals surface area (Å²) in [6.45, 7) is 1.60. The molecule has 0 atom stereocenters. The Labute approximate surface area is 155 Å². The Bertz CT molecular complexity index is 990. The maximum Gasteiger partial charge on any atom is 0.273 e. The van der Waals surface area contributed by atoms with Gasteiger partial charge in [-0.25, -0.2) is 0 Å². The largest absolute Gasteiger partial charge is 0.739 e. The lowest BCUT2D eigenvalue weighted by Crippen LogP contribution is -2.24. The number of nitro groups is 1. The minimum atomic E-state index is -0.533. The summed E-state index contributed by atoms with van der Waals surface area (Å²) in [6, 6.07) is 19.4. The molecule has 0 spiro atoms. The normalized spacial score (nSPS) is 10.3. The van der Waals surface area contributed by atoms with Crippen LogP contribution in [0.2, 0.25) is 0 Å². The number of carbonyl (C=O) groups is 1. The second-order valence-electron chi connectivity index (χ2n) is 5.88. The molecule has 136 valence electrons. The van der Waals surface area contributed by atoms with E-state index in [4.69, 9.17) is 0 Å². The molecular weight excluding hydrogens is 346 g/mol. The van der Waals surface area contributed by atoms with E-state index in [9.17, 15) is 20.1 Å². The first-order valence-electron chi connectivity index (χ1n) is 8.15. The van der Waals surface area contributed by atoms with E-state index < -0.39 is 10.7 Å². The van der Waals surface area contributed by atoms with Gasteiger partial charge in [0.2, 0.25) is 0 Å². The minimum Gasteiger partial charge on any atom is -0.739 e. The molecule has 7 nitrogen and oxygen atoms in total. The monoisotopic (exact) mass is 362 g/mol. The number of hydrogen-bond donors (Lipinski definition) is 1. The average Bonchev–Trinajstić information content (AvgIpc) is 2.68. The summed E-state index contributed by atoms with van der Waals surface area (Å²) in [5, 5.41) is 24.2. The molecule has 0 heterocycles. The molecule has 1 N–H and O–H groups in total. The SMILES string of the molecule is Cc1ccc(C(=O)c2ccccc2N([O-])Nc2ccccc2)cc1[N+](=O)[O-]. The predicted molar refractivity (Wildman–Crippen MR) is 104 cm³/mol. The van der Waals surface area contributed by atoms with Crippen LogP contribution in [0.15, 0.2) is 72.8 Å². The van der Waals surface area contributed by atoms with Crippen molar-refractivity contribution < 1.29 is 9.72 Å². The maximum absolute atomic E-state index is 12.9. The fraction of sp³-hybridized carbons (Fsp3) is 0.0500. The summed E-state index contributed by atoms with van der Waals surface area (Å²) in [5.74, 6) is -0.468. The molecule has 0 aliphatic heterocycles. The molecule has 0 amide bonds. The lowest BCUT2D eigenvalue weighted by atomic mass is 10.00. The third-order valence-electron chi connectivity index (χ3n) is 4.04. The fourth-order valence-electron chi connectivity index (χ4n) is 2.64. The van der Waals surface area contributed by atoms with Crippen LogP contribution >= 0.6 is 0 Å². The number of aryl methyl sites for hydroxylation is 1. The number of nitrogens with one attached hydrogen (secondary N) is 1. The summed E-state index contributed by atoms with van der Waals surface area (Å²) in [6.07, 6.45) is 0. The first-order valence-corrected chi connectivity index (χ1v) is 8.15. The fourth-order valence-corrected chi connectivity index (χ4v) is 2.64. The molecule has 3 aromatic rings. The molecule has 0 bridgehead atoms. The molecule has 3 aromatic carbocycles. The van der Waals surface area contributed by atoms with Crippen molar-refractivity contribution >= 4 is 22.8 Å². The molecular formula is C20H16N3O4-. The van der Waals surface area contributed by atoms with Crippen molar-refractivity contribution in [1.29, 1.82) is 0 Å². The summed E-state index contributed by atoms with van der Waals surface area (Å²) in [7, 11) is 0. The topological polar surface area (TPSA) is 98.5 Å². The van der Waals surface area contributed by atoms with Crippen LogP contribution in [0.25, 0.3) is 0 Å². The summed E-state index contributed by atoms with van der Waals surface area (Å²) >= 11 is 0. The Morgan fingerprint density at radius 3 is 2.37 bits per heavy atom. The van der Waals surface area contributed by atoms with Gasteiger partial charge in [-0.1, -0.05) is 42.5 Å². The number of hydrazine groups is 1. The van der Waals surface area contributed by atoms with Crippen LogP contribution in [0.3, 0.4) is 0 Å². The van der Waals surface area contributed by atoms with Crippen molar-refractivity contribution in [2.75, 3.05) is 10.6 Å². The first-order chi connectivity index (χ1) is 13.0. The van der Waals surface area contributed by atoms with Gasteiger partial charge in [0, 0.05) is 22.8 Å². The Kier molecular flexibility index (Phi) is 5.14. The van der Waals surface area contributed by atoms with Gasteiger partial charge in [-0.05, 0) is 31.2 Å². The molecule has 0 unspecified atom stereocenters. The zero-order valence-corrected chi connectivity index (χ0v) is 14.5. The van der Waals surface area contributed by atoms with Gasteiger partial charge in [0.15, 0.2) is 5.78 Å². The Balaban J connectivity index is 1.95. The number of hydrogen-bond acceptors (Lipinski definition) is 6. The van der Waals surface area contributed by atoms with E-state index in [1.165, 1.54) is 30.3 Å². The molecule has 27 heavy (non-hydrogen) atoms. The third-order valence-corrected chi connectivity index (χ3v) is 4.04. The lowest BCUT2D eigenvalue weighted by Gasteiger charge is -2.33. The summed E-state index contributed by atoms with van der Waals surface area (Å²) < 4.78 is 0. The summed E-state index contributed by atoms with van der Waals surface area (Å²) in [5.41, 5.74) is 3.96. The number of carbonyl (C=O) groups excluding carboxylic acids is 1. The van der Waals surface area contributed by atoms with Crippen molar-refractivity contribution in [3.8, 4) is 0 Å². The Morgan fingerprint density at radius 1 is 1.00 bits per heavy atom. The van der Waals surface area contributed by atoms with E-state index in [0.29, 0.717) is 16.4 Å². The first kappa shape index (κ1) is 18.1. The maximum atomic E-state index is 12.9. The lowest BCUT2D eigenvalue weighted by molar-refractivity contribution is -0.385. The number of nitrogens with zero attached hydrogens (tertiary/aromatic N) is 2. The van der Waals surface area contributed by atoms with Crippen molar-refractivity contribution in [3.05, 3.63) is 105 Å². The smallest absolute Gasteiger partial charge is 0.273 e. The number of para-hydroxylation sites is 2. The van der Waals surface area contributed by atoms with Gasteiger partial charge >= 0.3 is 0 Å². The standard InChI is InChI=1S/C20H16N3O4/c1-14-11-12-15(13-19(14)23(26)27)20(24)17-9-5-6-10-18(17)22(25)21-16-7-3-2-4-8-16/h2-13,21H,1H3/q-1. The molecule has 0 aliphatic rings. The zero-order valence-electron chi connectivity index (χ0n) is 14.5. The van der Waals surface area contributed by atoms with E-state index in [2.05, 4.69) is 5.43 Å². The van der Waals surface area contributed by atoms with E-state index in [0.717, 1.165) is 0 Å². The second-order valence-corrected chi connectivity index (χ2v) is 5.88. The quantitative estimate of drug-likeness (QED) is 0.395. The van der Waals surface area contributed by atoms with Gasteiger partial charge in [0.1, 0.15) is 0 Å².